The Morgan fingerprint density at radius 3 is 2.32 bits per heavy atom. The molecule has 0 unspecified atom stereocenters. The number of para-hydroxylation sites is 1. The third-order valence-electron chi connectivity index (χ3n) is 3.43. The number of carbonyl (C=O) groups excluding carboxylic acids is 2. The number of hydrogen-bond donors (Lipinski definition) is 1. The van der Waals surface area contributed by atoms with Crippen molar-refractivity contribution in [3.8, 4) is 5.75 Å². The highest BCUT2D eigenvalue weighted by Crippen LogP contribution is 2.14. The number of esters is 1. The van der Waals surface area contributed by atoms with Gasteiger partial charge in [-0.05, 0) is 49.7 Å². The molecule has 0 bridgehead atoms. The number of rotatable bonds is 7. The van der Waals surface area contributed by atoms with Gasteiger partial charge in [0, 0.05) is 5.69 Å². The van der Waals surface area contributed by atoms with Crippen molar-refractivity contribution in [3.63, 3.8) is 0 Å². The minimum Gasteiger partial charge on any atom is -0.479 e. The second-order valence-electron chi connectivity index (χ2n) is 5.40. The van der Waals surface area contributed by atoms with E-state index in [1.807, 2.05) is 6.07 Å². The molecule has 0 saturated heterocycles. The van der Waals surface area contributed by atoms with Gasteiger partial charge in [-0.1, -0.05) is 25.1 Å². The summed E-state index contributed by atoms with van der Waals surface area (Å²) in [5.41, 5.74) is 0.418. The van der Waals surface area contributed by atoms with Gasteiger partial charge in [-0.2, -0.15) is 0 Å². The molecule has 0 radical (unpaired) electrons. The monoisotopic (exact) mass is 345 g/mol. The van der Waals surface area contributed by atoms with E-state index < -0.39 is 29.9 Å². The normalized spacial score (nSPS) is 12.8. The van der Waals surface area contributed by atoms with Gasteiger partial charge in [0.2, 0.25) is 0 Å². The predicted octanol–water partition coefficient (Wildman–Crippen LogP) is 3.55. The molecule has 0 heterocycles. The molecule has 2 aromatic rings. The zero-order valence-corrected chi connectivity index (χ0v) is 14.1. The maximum atomic E-state index is 12.9. The lowest BCUT2D eigenvalue weighted by Crippen LogP contribution is -2.36. The van der Waals surface area contributed by atoms with E-state index in [1.54, 1.807) is 31.2 Å². The first-order valence-corrected chi connectivity index (χ1v) is 7.98. The van der Waals surface area contributed by atoms with Crippen molar-refractivity contribution >= 4 is 17.6 Å². The van der Waals surface area contributed by atoms with Gasteiger partial charge in [0.05, 0.1) is 0 Å². The van der Waals surface area contributed by atoms with E-state index in [-0.39, 0.29) is 0 Å². The van der Waals surface area contributed by atoms with E-state index in [4.69, 9.17) is 9.47 Å². The molecule has 0 aliphatic rings. The van der Waals surface area contributed by atoms with Crippen molar-refractivity contribution < 1.29 is 23.5 Å². The molecule has 132 valence electrons. The first-order chi connectivity index (χ1) is 12.0. The summed E-state index contributed by atoms with van der Waals surface area (Å²) in [6.07, 6.45) is -1.41. The van der Waals surface area contributed by atoms with Crippen LogP contribution in [0.15, 0.2) is 54.6 Å². The molecule has 2 rings (SSSR count). The number of amides is 1. The largest absolute Gasteiger partial charge is 0.479 e. The number of halogens is 1. The smallest absolute Gasteiger partial charge is 0.348 e. The number of hydrogen-bond acceptors (Lipinski definition) is 4. The van der Waals surface area contributed by atoms with Crippen molar-refractivity contribution in [2.75, 3.05) is 5.32 Å². The summed E-state index contributed by atoms with van der Waals surface area (Å²) in [4.78, 5) is 24.3. The Bertz CT molecular complexity index is 703. The van der Waals surface area contributed by atoms with Crippen LogP contribution in [0.2, 0.25) is 0 Å². The lowest BCUT2D eigenvalue weighted by molar-refractivity contribution is -0.160. The van der Waals surface area contributed by atoms with E-state index in [1.165, 1.54) is 31.2 Å². The van der Waals surface area contributed by atoms with Crippen LogP contribution in [0.1, 0.15) is 20.3 Å². The lowest BCUT2D eigenvalue weighted by atomic mass is 10.2. The Kier molecular flexibility index (Phi) is 6.51. The van der Waals surface area contributed by atoms with E-state index in [9.17, 15) is 14.0 Å². The van der Waals surface area contributed by atoms with Gasteiger partial charge < -0.3 is 14.8 Å². The van der Waals surface area contributed by atoms with Gasteiger partial charge >= 0.3 is 5.97 Å². The van der Waals surface area contributed by atoms with Crippen LogP contribution >= 0.6 is 0 Å². The molecule has 1 N–H and O–H groups in total. The standard InChI is InChI=1S/C19H20FNO4/c1-3-17(25-16-7-5-4-6-8-16)19(23)24-13(2)18(22)21-15-11-9-14(20)10-12-15/h4-13,17H,3H2,1-2H3,(H,21,22)/t13-,17+/m1/s1. The van der Waals surface area contributed by atoms with Crippen molar-refractivity contribution in [1.29, 1.82) is 0 Å². The van der Waals surface area contributed by atoms with Crippen molar-refractivity contribution in [1.82, 2.24) is 0 Å². The number of nitrogens with one attached hydrogen (secondary N) is 1. The fourth-order valence-electron chi connectivity index (χ4n) is 2.04. The topological polar surface area (TPSA) is 64.6 Å². The Labute approximate surface area is 145 Å². The highest BCUT2D eigenvalue weighted by molar-refractivity contribution is 5.95. The van der Waals surface area contributed by atoms with Crippen LogP contribution in [0.3, 0.4) is 0 Å². The van der Waals surface area contributed by atoms with Crippen LogP contribution in [0.5, 0.6) is 5.75 Å². The zero-order valence-electron chi connectivity index (χ0n) is 14.1. The Hall–Kier alpha value is -2.89. The average Bonchev–Trinajstić information content (AvgIpc) is 2.62. The molecule has 5 nitrogen and oxygen atoms in total. The van der Waals surface area contributed by atoms with Crippen LogP contribution in [-0.4, -0.2) is 24.1 Å². The van der Waals surface area contributed by atoms with Crippen molar-refractivity contribution in [2.45, 2.75) is 32.5 Å². The van der Waals surface area contributed by atoms with E-state index in [0.29, 0.717) is 17.9 Å². The van der Waals surface area contributed by atoms with Gasteiger partial charge in [-0.15, -0.1) is 0 Å². The SMILES string of the molecule is CC[C@H](Oc1ccccc1)C(=O)O[C@H](C)C(=O)Nc1ccc(F)cc1. The van der Waals surface area contributed by atoms with Gasteiger partial charge in [0.15, 0.2) is 12.2 Å². The molecule has 2 aromatic carbocycles. The summed E-state index contributed by atoms with van der Waals surface area (Å²) >= 11 is 0. The summed E-state index contributed by atoms with van der Waals surface area (Å²) in [7, 11) is 0. The summed E-state index contributed by atoms with van der Waals surface area (Å²) in [6.45, 7) is 3.25. The molecule has 1 amide bonds. The zero-order chi connectivity index (χ0) is 18.2. The molecule has 25 heavy (non-hydrogen) atoms. The molecule has 0 aliphatic carbocycles. The van der Waals surface area contributed by atoms with Crippen LogP contribution in [0.25, 0.3) is 0 Å². The van der Waals surface area contributed by atoms with Crippen molar-refractivity contribution in [2.24, 2.45) is 0 Å². The highest BCUT2D eigenvalue weighted by Gasteiger charge is 2.25. The molecule has 6 heteroatoms. The van der Waals surface area contributed by atoms with E-state index in [0.717, 1.165) is 0 Å². The average molecular weight is 345 g/mol. The van der Waals surface area contributed by atoms with Crippen LogP contribution in [-0.2, 0) is 14.3 Å². The first kappa shape index (κ1) is 18.4. The van der Waals surface area contributed by atoms with Crippen molar-refractivity contribution in [3.05, 3.63) is 60.4 Å². The molecule has 0 saturated carbocycles. The number of benzene rings is 2. The first-order valence-electron chi connectivity index (χ1n) is 7.98. The fraction of sp³-hybridized carbons (Fsp3) is 0.263. The van der Waals surface area contributed by atoms with Crippen LogP contribution in [0.4, 0.5) is 10.1 Å². The third-order valence-corrected chi connectivity index (χ3v) is 3.43. The van der Waals surface area contributed by atoms with Gasteiger partial charge in [0.1, 0.15) is 11.6 Å². The molecule has 2 atom stereocenters. The van der Waals surface area contributed by atoms with Gasteiger partial charge in [0.25, 0.3) is 5.91 Å². The predicted molar refractivity (Wildman–Crippen MR) is 91.7 cm³/mol. The second kappa shape index (κ2) is 8.82. The lowest BCUT2D eigenvalue weighted by Gasteiger charge is -2.19. The van der Waals surface area contributed by atoms with Gasteiger partial charge in [-0.25, -0.2) is 9.18 Å². The highest BCUT2D eigenvalue weighted by atomic mass is 19.1. The number of anilines is 1. The Morgan fingerprint density at radius 2 is 1.72 bits per heavy atom. The summed E-state index contributed by atoms with van der Waals surface area (Å²) in [5.74, 6) is -0.973. The number of ether oxygens (including phenoxy) is 2. The van der Waals surface area contributed by atoms with Crippen LogP contribution < -0.4 is 10.1 Å². The van der Waals surface area contributed by atoms with Gasteiger partial charge in [-0.3, -0.25) is 4.79 Å². The Morgan fingerprint density at radius 1 is 1.08 bits per heavy atom. The molecule has 0 fully saturated rings. The fourth-order valence-corrected chi connectivity index (χ4v) is 2.04. The van der Waals surface area contributed by atoms with E-state index in [2.05, 4.69) is 5.32 Å². The molecule has 0 aromatic heterocycles. The minimum atomic E-state index is -1.01. The second-order valence-corrected chi connectivity index (χ2v) is 5.40. The maximum Gasteiger partial charge on any atom is 0.348 e. The molecular formula is C19H20FNO4. The quantitative estimate of drug-likeness (QED) is 0.780. The summed E-state index contributed by atoms with van der Waals surface area (Å²) < 4.78 is 23.6. The van der Waals surface area contributed by atoms with E-state index >= 15 is 0 Å². The molecule has 0 spiro atoms. The Balaban J connectivity index is 1.90. The maximum absolute atomic E-state index is 12.9. The number of carbonyl (C=O) groups is 2. The minimum absolute atomic E-state index is 0.402. The summed E-state index contributed by atoms with van der Waals surface area (Å²) in [5, 5.41) is 2.56. The molecule has 0 aliphatic heterocycles. The van der Waals surface area contributed by atoms with Crippen LogP contribution in [0, 0.1) is 5.82 Å². The summed E-state index contributed by atoms with van der Waals surface area (Å²) in [6, 6.07) is 14.2. The molecular weight excluding hydrogens is 325 g/mol. The third kappa shape index (κ3) is 5.60.